The molecule has 0 aliphatic carbocycles. The Hall–Kier alpha value is -3.26. The molecule has 2 saturated heterocycles. The molecule has 2 aliphatic rings. The van der Waals surface area contributed by atoms with Gasteiger partial charge in [-0.2, -0.15) is 13.2 Å². The van der Waals surface area contributed by atoms with Gasteiger partial charge in [-0.25, -0.2) is 24.9 Å². The first-order valence-corrected chi connectivity index (χ1v) is 11.6. The summed E-state index contributed by atoms with van der Waals surface area (Å²) in [5.74, 6) is 0.999. The number of hydrogen-bond donors (Lipinski definition) is 2. The van der Waals surface area contributed by atoms with Crippen LogP contribution in [-0.2, 0) is 11.3 Å². The van der Waals surface area contributed by atoms with Crippen molar-refractivity contribution in [1.82, 2.24) is 34.8 Å². The van der Waals surface area contributed by atoms with E-state index in [-0.39, 0.29) is 29.4 Å². The number of anilines is 3. The summed E-state index contributed by atoms with van der Waals surface area (Å²) in [6.07, 6.45) is -0.689. The van der Waals surface area contributed by atoms with Gasteiger partial charge in [-0.1, -0.05) is 6.92 Å². The van der Waals surface area contributed by atoms with E-state index >= 15 is 0 Å². The van der Waals surface area contributed by atoms with Gasteiger partial charge in [0.1, 0.15) is 6.54 Å². The molecule has 188 valence electrons. The van der Waals surface area contributed by atoms with Crippen LogP contribution in [-0.4, -0.2) is 87.6 Å². The molecule has 0 spiro atoms. The quantitative estimate of drug-likeness (QED) is 0.541. The van der Waals surface area contributed by atoms with Crippen LogP contribution < -0.4 is 20.9 Å². The van der Waals surface area contributed by atoms with Gasteiger partial charge in [0.15, 0.2) is 22.8 Å². The van der Waals surface area contributed by atoms with Gasteiger partial charge in [0.25, 0.3) is 0 Å². The minimum absolute atomic E-state index is 0.0804. The van der Waals surface area contributed by atoms with E-state index in [1.165, 1.54) is 12.4 Å². The molecule has 5 heterocycles. The number of aromatic nitrogens is 6. The lowest BCUT2D eigenvalue weighted by Gasteiger charge is -2.34. The van der Waals surface area contributed by atoms with E-state index in [0.29, 0.717) is 62.8 Å². The summed E-state index contributed by atoms with van der Waals surface area (Å²) >= 11 is 0. The van der Waals surface area contributed by atoms with Crippen LogP contribution in [0.5, 0.6) is 0 Å². The number of ether oxygens (including phenoxy) is 1. The molecule has 3 aromatic rings. The molecule has 35 heavy (non-hydrogen) atoms. The molecule has 0 saturated carbocycles. The summed E-state index contributed by atoms with van der Waals surface area (Å²) < 4.78 is 47.9. The number of hydrogen-bond acceptors (Lipinski definition) is 10. The molecule has 0 bridgehead atoms. The summed E-state index contributed by atoms with van der Waals surface area (Å²) in [4.78, 5) is 25.8. The highest BCUT2D eigenvalue weighted by Crippen LogP contribution is 2.33. The predicted octanol–water partition coefficient (Wildman–Crippen LogP) is 1.45. The van der Waals surface area contributed by atoms with Gasteiger partial charge in [-0.15, -0.1) is 0 Å². The second-order valence-electron chi connectivity index (χ2n) is 8.59. The SMILES string of the molecule is CC[C@@H]1CN(c2nc3c(N4CCOCC4)nc(-c4cnc(N)nc4)nc3n2CC(F)(F)F)CCN1. The van der Waals surface area contributed by atoms with Crippen LogP contribution in [0.1, 0.15) is 13.3 Å². The van der Waals surface area contributed by atoms with Crippen molar-refractivity contribution in [2.75, 3.05) is 61.5 Å². The van der Waals surface area contributed by atoms with Gasteiger partial charge >= 0.3 is 6.18 Å². The number of fused-ring (bicyclic) bond motifs is 1. The Morgan fingerprint density at radius 2 is 1.83 bits per heavy atom. The zero-order valence-electron chi connectivity index (χ0n) is 19.3. The Labute approximate surface area is 199 Å². The minimum atomic E-state index is -4.46. The van der Waals surface area contributed by atoms with Gasteiger partial charge in [0.05, 0.1) is 18.8 Å². The molecule has 5 rings (SSSR count). The van der Waals surface area contributed by atoms with Gasteiger partial charge in [-0.05, 0) is 6.42 Å². The second-order valence-corrected chi connectivity index (χ2v) is 8.59. The first kappa shape index (κ1) is 23.5. The van der Waals surface area contributed by atoms with E-state index in [0.717, 1.165) is 11.0 Å². The highest BCUT2D eigenvalue weighted by molar-refractivity contribution is 5.88. The Kier molecular flexibility index (Phi) is 6.32. The van der Waals surface area contributed by atoms with Crippen LogP contribution in [0, 0.1) is 0 Å². The zero-order chi connectivity index (χ0) is 24.6. The predicted molar refractivity (Wildman–Crippen MR) is 124 cm³/mol. The number of halogens is 3. The maximum atomic E-state index is 13.8. The monoisotopic (exact) mass is 492 g/mol. The Morgan fingerprint density at radius 3 is 2.51 bits per heavy atom. The van der Waals surface area contributed by atoms with E-state index in [2.05, 4.69) is 20.3 Å². The number of piperazine rings is 1. The van der Waals surface area contributed by atoms with Crippen LogP contribution in [0.2, 0.25) is 0 Å². The highest BCUT2D eigenvalue weighted by atomic mass is 19.4. The maximum absolute atomic E-state index is 13.8. The van der Waals surface area contributed by atoms with Crippen molar-refractivity contribution in [1.29, 1.82) is 0 Å². The van der Waals surface area contributed by atoms with E-state index in [9.17, 15) is 13.2 Å². The van der Waals surface area contributed by atoms with E-state index in [1.807, 2.05) is 16.7 Å². The number of nitrogens with zero attached hydrogens (tertiary/aromatic N) is 8. The molecule has 3 N–H and O–H groups in total. The smallest absolute Gasteiger partial charge is 0.378 e. The topological polar surface area (TPSA) is 123 Å². The summed E-state index contributed by atoms with van der Waals surface area (Å²) in [6.45, 7) is 4.63. The molecular formula is C21H27F3N10O. The highest BCUT2D eigenvalue weighted by Gasteiger charge is 2.34. The number of morpholine rings is 1. The van der Waals surface area contributed by atoms with E-state index < -0.39 is 12.7 Å². The van der Waals surface area contributed by atoms with Crippen molar-refractivity contribution in [3.63, 3.8) is 0 Å². The van der Waals surface area contributed by atoms with Gasteiger partial charge in [-0.3, -0.25) is 4.57 Å². The average Bonchev–Trinajstić information content (AvgIpc) is 3.21. The third kappa shape index (κ3) is 4.93. The lowest BCUT2D eigenvalue weighted by Crippen LogP contribution is -2.51. The van der Waals surface area contributed by atoms with E-state index in [4.69, 9.17) is 20.4 Å². The van der Waals surface area contributed by atoms with Gasteiger partial charge < -0.3 is 25.6 Å². The second kappa shape index (κ2) is 9.41. The molecule has 1 atom stereocenters. The number of nitrogens with one attached hydrogen (secondary N) is 1. The summed E-state index contributed by atoms with van der Waals surface area (Å²) in [5, 5.41) is 3.39. The summed E-state index contributed by atoms with van der Waals surface area (Å²) in [7, 11) is 0. The fourth-order valence-corrected chi connectivity index (χ4v) is 4.40. The first-order chi connectivity index (χ1) is 16.8. The van der Waals surface area contributed by atoms with Crippen molar-refractivity contribution in [2.45, 2.75) is 32.1 Å². The summed E-state index contributed by atoms with van der Waals surface area (Å²) in [5.41, 5.74) is 6.51. The van der Waals surface area contributed by atoms with Crippen molar-refractivity contribution in [2.24, 2.45) is 0 Å². The van der Waals surface area contributed by atoms with Crippen LogP contribution in [0.3, 0.4) is 0 Å². The third-order valence-electron chi connectivity index (χ3n) is 6.17. The first-order valence-electron chi connectivity index (χ1n) is 11.6. The fraction of sp³-hybridized carbons (Fsp3) is 0.571. The third-order valence-corrected chi connectivity index (χ3v) is 6.17. The Balaban J connectivity index is 1.71. The number of imidazole rings is 1. The van der Waals surface area contributed by atoms with Crippen molar-refractivity contribution in [3.8, 4) is 11.4 Å². The molecule has 2 fully saturated rings. The molecule has 2 aliphatic heterocycles. The molecule has 14 heteroatoms. The lowest BCUT2D eigenvalue weighted by atomic mass is 10.2. The van der Waals surface area contributed by atoms with Crippen LogP contribution in [0.25, 0.3) is 22.6 Å². The average molecular weight is 493 g/mol. The molecule has 0 radical (unpaired) electrons. The zero-order valence-corrected chi connectivity index (χ0v) is 19.3. The Morgan fingerprint density at radius 1 is 1.09 bits per heavy atom. The maximum Gasteiger partial charge on any atom is 0.406 e. The van der Waals surface area contributed by atoms with Crippen molar-refractivity contribution < 1.29 is 17.9 Å². The van der Waals surface area contributed by atoms with Crippen LogP contribution >= 0.6 is 0 Å². The van der Waals surface area contributed by atoms with E-state index in [1.54, 1.807) is 0 Å². The molecular weight excluding hydrogens is 465 g/mol. The number of nitrogen functional groups attached to an aromatic ring is 1. The van der Waals surface area contributed by atoms with Crippen molar-refractivity contribution in [3.05, 3.63) is 12.4 Å². The van der Waals surface area contributed by atoms with Gasteiger partial charge in [0, 0.05) is 51.2 Å². The standard InChI is InChI=1S/C21H27F3N10O/c1-2-14-11-33(4-3-26-14)20-29-15-17(32-5-7-35-8-6-32)30-16(13-9-27-19(25)28-10-13)31-18(15)34(20)12-21(22,23)24/h9-10,14,26H,2-8,11-12H2,1H3,(H2,25,27,28)/t14-/m1/s1. The largest absolute Gasteiger partial charge is 0.406 e. The number of alkyl halides is 3. The van der Waals surface area contributed by atoms with Crippen LogP contribution in [0.4, 0.5) is 30.9 Å². The van der Waals surface area contributed by atoms with Crippen LogP contribution in [0.15, 0.2) is 12.4 Å². The summed E-state index contributed by atoms with van der Waals surface area (Å²) in [6, 6.07) is 0.162. The lowest BCUT2D eigenvalue weighted by molar-refractivity contribution is -0.139. The number of rotatable bonds is 5. The molecule has 0 amide bonds. The van der Waals surface area contributed by atoms with Crippen molar-refractivity contribution >= 4 is 28.9 Å². The Bertz CT molecular complexity index is 1180. The fourth-order valence-electron chi connectivity index (χ4n) is 4.40. The molecule has 11 nitrogen and oxygen atoms in total. The molecule has 3 aromatic heterocycles. The minimum Gasteiger partial charge on any atom is -0.378 e. The number of nitrogens with two attached hydrogens (primary N) is 1. The van der Waals surface area contributed by atoms with Gasteiger partial charge in [0.2, 0.25) is 11.9 Å². The normalized spacial score (nSPS) is 19.5. The molecule has 0 aromatic carbocycles. The molecule has 0 unspecified atom stereocenters.